The summed E-state index contributed by atoms with van der Waals surface area (Å²) in [6.45, 7) is 7.25. The van der Waals surface area contributed by atoms with E-state index in [-0.39, 0.29) is 17.8 Å². The molecule has 3 atom stereocenters. The molecule has 0 spiro atoms. The van der Waals surface area contributed by atoms with E-state index in [1.165, 1.54) is 6.20 Å². The third-order valence-electron chi connectivity index (χ3n) is 8.01. The first-order chi connectivity index (χ1) is 19.4. The molecule has 224 valence electrons. The first kappa shape index (κ1) is 30.3. The number of nitrogens with zero attached hydrogens (tertiary/aromatic N) is 4. The van der Waals surface area contributed by atoms with Crippen LogP contribution in [0.25, 0.3) is 0 Å². The number of hydrogen-bond donors (Lipinski definition) is 3. The Morgan fingerprint density at radius 3 is 2.46 bits per heavy atom. The molecule has 1 saturated heterocycles. The zero-order valence-corrected chi connectivity index (χ0v) is 23.7. The van der Waals surface area contributed by atoms with Crippen molar-refractivity contribution in [3.05, 3.63) is 41.9 Å². The van der Waals surface area contributed by atoms with Crippen molar-refractivity contribution in [1.82, 2.24) is 30.3 Å². The van der Waals surface area contributed by atoms with Gasteiger partial charge in [0.1, 0.15) is 23.6 Å². The lowest BCUT2D eigenvalue weighted by atomic mass is 9.79. The van der Waals surface area contributed by atoms with E-state index in [9.17, 15) is 27.6 Å². The number of pyridine rings is 1. The minimum atomic E-state index is -4.55. The minimum absolute atomic E-state index is 0.0453. The van der Waals surface area contributed by atoms with Gasteiger partial charge >= 0.3 is 12.2 Å². The Labute approximate surface area is 237 Å². The quantitative estimate of drug-likeness (QED) is 0.394. The summed E-state index contributed by atoms with van der Waals surface area (Å²) in [6.07, 6.45) is 2.23. The van der Waals surface area contributed by atoms with Crippen LogP contribution in [-0.4, -0.2) is 62.3 Å². The maximum absolute atomic E-state index is 13.6. The van der Waals surface area contributed by atoms with E-state index < -0.39 is 48.7 Å². The molecule has 0 unspecified atom stereocenters. The van der Waals surface area contributed by atoms with Crippen LogP contribution in [0.4, 0.5) is 23.8 Å². The average Bonchev–Trinajstić information content (AvgIpc) is 3.56. The number of aromatic nitrogens is 3. The fourth-order valence-corrected chi connectivity index (χ4v) is 5.71. The molecule has 4 rings (SSSR count). The predicted molar refractivity (Wildman–Crippen MR) is 146 cm³/mol. The monoisotopic (exact) mass is 577 g/mol. The number of alkyl halides is 3. The summed E-state index contributed by atoms with van der Waals surface area (Å²) in [4.78, 5) is 44.7. The molecule has 2 aromatic heterocycles. The molecule has 3 heterocycles. The average molecular weight is 578 g/mol. The van der Waals surface area contributed by atoms with Crippen molar-refractivity contribution in [3.8, 4) is 0 Å². The van der Waals surface area contributed by atoms with Crippen LogP contribution in [0.1, 0.15) is 87.9 Å². The summed E-state index contributed by atoms with van der Waals surface area (Å²) >= 11 is 0. The molecule has 13 heteroatoms. The lowest BCUT2D eigenvalue weighted by Gasteiger charge is -2.32. The van der Waals surface area contributed by atoms with Gasteiger partial charge in [-0.2, -0.15) is 18.3 Å². The SMILES string of the molecule is CC[C@H](c1ccnc(NC(=O)[C@@H](NC(=O)c2ccnn2C(C)C)C2CCC(C)CC2)c1)N1C[C@@H](C(F)(F)F)NC1=O. The Morgan fingerprint density at radius 1 is 1.15 bits per heavy atom. The highest BCUT2D eigenvalue weighted by molar-refractivity contribution is 6.00. The number of anilines is 1. The highest BCUT2D eigenvalue weighted by atomic mass is 19.4. The molecule has 41 heavy (non-hydrogen) atoms. The van der Waals surface area contributed by atoms with Gasteiger partial charge in [0.05, 0.1) is 12.6 Å². The van der Waals surface area contributed by atoms with Crippen LogP contribution in [0.5, 0.6) is 0 Å². The van der Waals surface area contributed by atoms with Crippen molar-refractivity contribution in [2.45, 2.75) is 90.1 Å². The van der Waals surface area contributed by atoms with Gasteiger partial charge in [0.25, 0.3) is 5.91 Å². The van der Waals surface area contributed by atoms with Crippen molar-refractivity contribution in [1.29, 1.82) is 0 Å². The van der Waals surface area contributed by atoms with E-state index in [0.717, 1.165) is 30.6 Å². The van der Waals surface area contributed by atoms with Gasteiger partial charge in [0, 0.05) is 18.4 Å². The van der Waals surface area contributed by atoms with Crippen LogP contribution >= 0.6 is 0 Å². The van der Waals surface area contributed by atoms with E-state index in [0.29, 0.717) is 23.6 Å². The summed E-state index contributed by atoms with van der Waals surface area (Å²) in [5.74, 6) is -0.181. The fraction of sp³-hybridized carbons (Fsp3) is 0.607. The highest BCUT2D eigenvalue weighted by Crippen LogP contribution is 2.33. The molecule has 0 bridgehead atoms. The Balaban J connectivity index is 1.53. The second-order valence-corrected chi connectivity index (χ2v) is 11.3. The molecular weight excluding hydrogens is 539 g/mol. The largest absolute Gasteiger partial charge is 0.410 e. The van der Waals surface area contributed by atoms with Crippen molar-refractivity contribution in [2.75, 3.05) is 11.9 Å². The van der Waals surface area contributed by atoms with Gasteiger partial charge in [-0.1, -0.05) is 26.7 Å². The van der Waals surface area contributed by atoms with Crippen LogP contribution < -0.4 is 16.0 Å². The Morgan fingerprint density at radius 2 is 1.85 bits per heavy atom. The Hall–Kier alpha value is -3.64. The smallest absolute Gasteiger partial charge is 0.339 e. The van der Waals surface area contributed by atoms with E-state index in [4.69, 9.17) is 0 Å². The second-order valence-electron chi connectivity index (χ2n) is 11.3. The zero-order chi connectivity index (χ0) is 29.9. The second kappa shape index (κ2) is 12.5. The molecule has 2 aliphatic rings. The van der Waals surface area contributed by atoms with Crippen LogP contribution in [0.15, 0.2) is 30.6 Å². The Bertz CT molecular complexity index is 1240. The number of nitrogens with one attached hydrogen (secondary N) is 3. The topological polar surface area (TPSA) is 121 Å². The van der Waals surface area contributed by atoms with Crippen LogP contribution in [-0.2, 0) is 4.79 Å². The zero-order valence-electron chi connectivity index (χ0n) is 23.7. The maximum Gasteiger partial charge on any atom is 0.410 e. The molecule has 0 aromatic carbocycles. The summed E-state index contributed by atoms with van der Waals surface area (Å²) < 4.78 is 41.3. The minimum Gasteiger partial charge on any atom is -0.339 e. The first-order valence-electron chi connectivity index (χ1n) is 14.1. The Kier molecular flexibility index (Phi) is 9.23. The van der Waals surface area contributed by atoms with E-state index in [1.54, 1.807) is 36.0 Å². The molecule has 2 aromatic rings. The summed E-state index contributed by atoms with van der Waals surface area (Å²) in [6, 6.07) is 0.541. The number of rotatable bonds is 9. The molecule has 0 radical (unpaired) electrons. The van der Waals surface area contributed by atoms with Gasteiger partial charge < -0.3 is 20.9 Å². The standard InChI is InChI=1S/C28H38F3N7O3/c1-5-20(37-15-22(28(29,30)31)34-27(37)41)19-10-12-32-23(14-19)35-26(40)24(18-8-6-17(4)7-9-18)36-25(39)21-11-13-33-38(21)16(2)3/h10-14,16-18,20,22,24H,5-9,15H2,1-4H3,(H,34,41)(H,36,39)(H,32,35,40)/t17?,18?,20-,22+,24+/m1/s1. The molecule has 1 saturated carbocycles. The number of halogens is 3. The molecule has 1 aliphatic heterocycles. The summed E-state index contributed by atoms with van der Waals surface area (Å²) in [7, 11) is 0. The molecule has 4 amide bonds. The third kappa shape index (κ3) is 6.99. The number of urea groups is 1. The maximum atomic E-state index is 13.6. The van der Waals surface area contributed by atoms with Crippen molar-refractivity contribution >= 4 is 23.7 Å². The summed E-state index contributed by atoms with van der Waals surface area (Å²) in [5.41, 5.74) is 0.901. The van der Waals surface area contributed by atoms with Gasteiger partial charge in [-0.05, 0) is 68.7 Å². The van der Waals surface area contributed by atoms with Gasteiger partial charge in [0.15, 0.2) is 0 Å². The normalized spacial score (nSPS) is 22.8. The third-order valence-corrected chi connectivity index (χ3v) is 8.01. The molecule has 10 nitrogen and oxygen atoms in total. The van der Waals surface area contributed by atoms with Crippen LogP contribution in [0.2, 0.25) is 0 Å². The van der Waals surface area contributed by atoms with Crippen LogP contribution in [0.3, 0.4) is 0 Å². The number of carbonyl (C=O) groups excluding carboxylic acids is 3. The van der Waals surface area contributed by atoms with Crippen molar-refractivity contribution in [3.63, 3.8) is 0 Å². The number of hydrogen-bond acceptors (Lipinski definition) is 5. The van der Waals surface area contributed by atoms with Gasteiger partial charge in [-0.15, -0.1) is 0 Å². The number of amides is 4. The lowest BCUT2D eigenvalue weighted by molar-refractivity contribution is -0.150. The molecule has 2 fully saturated rings. The van der Waals surface area contributed by atoms with E-state index in [1.807, 2.05) is 19.2 Å². The predicted octanol–water partition coefficient (Wildman–Crippen LogP) is 4.83. The van der Waals surface area contributed by atoms with Crippen molar-refractivity contribution in [2.24, 2.45) is 11.8 Å². The lowest BCUT2D eigenvalue weighted by Crippen LogP contribution is -2.49. The van der Waals surface area contributed by atoms with Crippen molar-refractivity contribution < 1.29 is 27.6 Å². The molecule has 3 N–H and O–H groups in total. The van der Waals surface area contributed by atoms with Crippen LogP contribution in [0, 0.1) is 11.8 Å². The first-order valence-corrected chi connectivity index (χ1v) is 14.1. The highest BCUT2D eigenvalue weighted by Gasteiger charge is 2.48. The van der Waals surface area contributed by atoms with Gasteiger partial charge in [0.2, 0.25) is 5.91 Å². The number of carbonyl (C=O) groups is 3. The molecule has 1 aliphatic carbocycles. The van der Waals surface area contributed by atoms with E-state index >= 15 is 0 Å². The summed E-state index contributed by atoms with van der Waals surface area (Å²) in [5, 5.41) is 12.0. The molecular formula is C28H38F3N7O3. The van der Waals surface area contributed by atoms with Gasteiger partial charge in [-0.3, -0.25) is 14.3 Å². The fourth-order valence-electron chi connectivity index (χ4n) is 5.71. The van der Waals surface area contributed by atoms with Gasteiger partial charge in [-0.25, -0.2) is 9.78 Å². The van der Waals surface area contributed by atoms with E-state index in [2.05, 4.69) is 27.6 Å².